The summed E-state index contributed by atoms with van der Waals surface area (Å²) in [6.45, 7) is 7.42. The molecule has 0 aromatic rings. The zero-order valence-corrected chi connectivity index (χ0v) is 12.8. The summed E-state index contributed by atoms with van der Waals surface area (Å²) in [5.41, 5.74) is 0. The highest BCUT2D eigenvalue weighted by Gasteiger charge is 2.26. The van der Waals surface area contributed by atoms with E-state index in [9.17, 15) is 5.11 Å². The molecule has 19 heavy (non-hydrogen) atoms. The van der Waals surface area contributed by atoms with E-state index in [4.69, 9.17) is 0 Å². The van der Waals surface area contributed by atoms with E-state index >= 15 is 0 Å². The molecule has 0 aromatic heterocycles. The Kier molecular flexibility index (Phi) is 6.11. The van der Waals surface area contributed by atoms with E-state index in [0.717, 1.165) is 12.6 Å². The number of piperidine rings is 1. The Morgan fingerprint density at radius 1 is 1.05 bits per heavy atom. The lowest BCUT2D eigenvalue weighted by Gasteiger charge is -2.39. The molecule has 3 nitrogen and oxygen atoms in total. The van der Waals surface area contributed by atoms with Gasteiger partial charge in [0.2, 0.25) is 0 Å². The van der Waals surface area contributed by atoms with Gasteiger partial charge in [0.25, 0.3) is 0 Å². The molecule has 1 saturated heterocycles. The predicted molar refractivity (Wildman–Crippen MR) is 80.3 cm³/mol. The van der Waals surface area contributed by atoms with Crippen LogP contribution in [0.5, 0.6) is 0 Å². The summed E-state index contributed by atoms with van der Waals surface area (Å²) >= 11 is 0. The van der Waals surface area contributed by atoms with Crippen LogP contribution in [0.25, 0.3) is 0 Å². The first-order valence-electron chi connectivity index (χ1n) is 8.32. The fourth-order valence-corrected chi connectivity index (χ4v) is 3.44. The van der Waals surface area contributed by atoms with Crippen molar-refractivity contribution in [2.24, 2.45) is 5.92 Å². The largest absolute Gasteiger partial charge is 0.392 e. The van der Waals surface area contributed by atoms with Gasteiger partial charge in [-0.05, 0) is 44.7 Å². The second kappa shape index (κ2) is 7.61. The number of nitrogens with one attached hydrogen (secondary N) is 1. The third-order valence-corrected chi connectivity index (χ3v) is 5.01. The highest BCUT2D eigenvalue weighted by molar-refractivity contribution is 4.83. The molecule has 2 aliphatic rings. The number of rotatable bonds is 5. The van der Waals surface area contributed by atoms with E-state index in [1.165, 1.54) is 58.0 Å². The molecular weight excluding hydrogens is 236 g/mol. The zero-order chi connectivity index (χ0) is 13.7. The number of hydrogen-bond acceptors (Lipinski definition) is 3. The lowest BCUT2D eigenvalue weighted by atomic mass is 9.92. The van der Waals surface area contributed by atoms with E-state index in [2.05, 4.69) is 24.1 Å². The summed E-state index contributed by atoms with van der Waals surface area (Å²) < 4.78 is 0. The smallest absolute Gasteiger partial charge is 0.0687 e. The second-order valence-corrected chi connectivity index (χ2v) is 6.82. The molecule has 0 aromatic carbocycles. The fraction of sp³-hybridized carbons (Fsp3) is 1.00. The van der Waals surface area contributed by atoms with Crippen molar-refractivity contribution in [3.63, 3.8) is 0 Å². The molecule has 1 saturated carbocycles. The van der Waals surface area contributed by atoms with E-state index < -0.39 is 0 Å². The van der Waals surface area contributed by atoms with Crippen molar-refractivity contribution in [3.8, 4) is 0 Å². The standard InChI is InChI=1S/C16H32N2O/c1-13(2)16(19)12-17-14-8-10-18(11-9-14)15-6-4-3-5-7-15/h13-17,19H,3-12H2,1-2H3. The first-order valence-corrected chi connectivity index (χ1v) is 8.32. The molecular formula is C16H32N2O. The maximum absolute atomic E-state index is 9.84. The molecule has 0 spiro atoms. The van der Waals surface area contributed by atoms with Crippen LogP contribution in [0.4, 0.5) is 0 Å². The van der Waals surface area contributed by atoms with Crippen LogP contribution in [-0.2, 0) is 0 Å². The van der Waals surface area contributed by atoms with Gasteiger partial charge in [0.05, 0.1) is 6.10 Å². The number of aliphatic hydroxyl groups is 1. The van der Waals surface area contributed by atoms with Crippen molar-refractivity contribution in [2.45, 2.75) is 77.0 Å². The first-order chi connectivity index (χ1) is 9.16. The number of hydrogen-bond donors (Lipinski definition) is 2. The Bertz CT molecular complexity index is 243. The van der Waals surface area contributed by atoms with Gasteiger partial charge in [-0.3, -0.25) is 0 Å². The minimum Gasteiger partial charge on any atom is -0.392 e. The molecule has 1 atom stereocenters. The monoisotopic (exact) mass is 268 g/mol. The van der Waals surface area contributed by atoms with Crippen molar-refractivity contribution < 1.29 is 5.11 Å². The predicted octanol–water partition coefficient (Wildman–Crippen LogP) is 2.39. The topological polar surface area (TPSA) is 35.5 Å². The Labute approximate surface area is 118 Å². The molecule has 2 fully saturated rings. The highest BCUT2D eigenvalue weighted by atomic mass is 16.3. The highest BCUT2D eigenvalue weighted by Crippen LogP contribution is 2.25. The maximum atomic E-state index is 9.84. The molecule has 2 N–H and O–H groups in total. The summed E-state index contributed by atoms with van der Waals surface area (Å²) in [5.74, 6) is 0.356. The summed E-state index contributed by atoms with van der Waals surface area (Å²) in [7, 11) is 0. The molecule has 1 heterocycles. The van der Waals surface area contributed by atoms with Gasteiger partial charge in [-0.2, -0.15) is 0 Å². The normalized spacial score (nSPS) is 25.9. The van der Waals surface area contributed by atoms with Gasteiger partial charge >= 0.3 is 0 Å². The summed E-state index contributed by atoms with van der Waals surface area (Å²) in [4.78, 5) is 2.72. The van der Waals surface area contributed by atoms with Crippen molar-refractivity contribution in [1.82, 2.24) is 10.2 Å². The maximum Gasteiger partial charge on any atom is 0.0687 e. The fourth-order valence-electron chi connectivity index (χ4n) is 3.44. The molecule has 2 rings (SSSR count). The quantitative estimate of drug-likeness (QED) is 0.803. The molecule has 1 aliphatic carbocycles. The van der Waals surface area contributed by atoms with Crippen LogP contribution in [0.1, 0.15) is 58.8 Å². The third kappa shape index (κ3) is 4.73. The number of aliphatic hydroxyl groups excluding tert-OH is 1. The third-order valence-electron chi connectivity index (χ3n) is 5.01. The number of likely N-dealkylation sites (tertiary alicyclic amines) is 1. The second-order valence-electron chi connectivity index (χ2n) is 6.82. The van der Waals surface area contributed by atoms with Crippen LogP contribution in [0.3, 0.4) is 0 Å². The van der Waals surface area contributed by atoms with Gasteiger partial charge in [-0.1, -0.05) is 33.1 Å². The van der Waals surface area contributed by atoms with E-state index in [-0.39, 0.29) is 6.10 Å². The molecule has 0 bridgehead atoms. The SMILES string of the molecule is CC(C)C(O)CNC1CCN(C2CCCCC2)CC1. The van der Waals surface area contributed by atoms with Crippen LogP contribution in [0.2, 0.25) is 0 Å². The first kappa shape index (κ1) is 15.3. The molecule has 112 valence electrons. The van der Waals surface area contributed by atoms with Gasteiger partial charge in [0.1, 0.15) is 0 Å². The summed E-state index contributed by atoms with van der Waals surface area (Å²) in [6, 6.07) is 1.49. The van der Waals surface area contributed by atoms with Gasteiger partial charge in [0.15, 0.2) is 0 Å². The van der Waals surface area contributed by atoms with Gasteiger partial charge in [0, 0.05) is 18.6 Å². The van der Waals surface area contributed by atoms with Crippen molar-refractivity contribution in [2.75, 3.05) is 19.6 Å². The minimum absolute atomic E-state index is 0.198. The number of nitrogens with zero attached hydrogens (tertiary/aromatic N) is 1. The molecule has 1 aliphatic heterocycles. The van der Waals surface area contributed by atoms with Crippen LogP contribution in [0, 0.1) is 5.92 Å². The lowest BCUT2D eigenvalue weighted by Crippen LogP contribution is -2.48. The Hall–Kier alpha value is -0.120. The average Bonchev–Trinajstić information content (AvgIpc) is 2.46. The molecule has 0 amide bonds. The van der Waals surface area contributed by atoms with Gasteiger partial charge < -0.3 is 15.3 Å². The van der Waals surface area contributed by atoms with Crippen LogP contribution < -0.4 is 5.32 Å². The van der Waals surface area contributed by atoms with Crippen LogP contribution in [0.15, 0.2) is 0 Å². The van der Waals surface area contributed by atoms with Crippen molar-refractivity contribution in [1.29, 1.82) is 0 Å². The van der Waals surface area contributed by atoms with Crippen molar-refractivity contribution in [3.05, 3.63) is 0 Å². The molecule has 1 unspecified atom stereocenters. The lowest BCUT2D eigenvalue weighted by molar-refractivity contribution is 0.0957. The molecule has 3 heteroatoms. The Balaban J connectivity index is 1.64. The Morgan fingerprint density at radius 3 is 2.26 bits per heavy atom. The zero-order valence-electron chi connectivity index (χ0n) is 12.8. The van der Waals surface area contributed by atoms with Crippen molar-refractivity contribution >= 4 is 0 Å². The summed E-state index contributed by atoms with van der Waals surface area (Å²) in [6.07, 6.45) is 9.46. The van der Waals surface area contributed by atoms with Crippen LogP contribution in [-0.4, -0.2) is 47.8 Å². The van der Waals surface area contributed by atoms with Gasteiger partial charge in [-0.15, -0.1) is 0 Å². The molecule has 0 radical (unpaired) electrons. The minimum atomic E-state index is -0.198. The van der Waals surface area contributed by atoms with E-state index in [1.807, 2.05) is 0 Å². The van der Waals surface area contributed by atoms with Gasteiger partial charge in [-0.25, -0.2) is 0 Å². The van der Waals surface area contributed by atoms with Crippen LogP contribution >= 0.6 is 0 Å². The Morgan fingerprint density at radius 2 is 1.68 bits per heavy atom. The summed E-state index contributed by atoms with van der Waals surface area (Å²) in [5, 5.41) is 13.4. The van der Waals surface area contributed by atoms with E-state index in [0.29, 0.717) is 12.0 Å². The van der Waals surface area contributed by atoms with E-state index in [1.54, 1.807) is 0 Å². The average molecular weight is 268 g/mol.